The molecule has 0 saturated carbocycles. The molecule has 0 atom stereocenters. The van der Waals surface area contributed by atoms with Crippen LogP contribution < -0.4 is 4.68 Å². The van der Waals surface area contributed by atoms with Crippen LogP contribution in [0.1, 0.15) is 12.0 Å². The molecule has 0 bridgehead atoms. The van der Waals surface area contributed by atoms with E-state index in [2.05, 4.69) is 10.1 Å². The van der Waals surface area contributed by atoms with E-state index in [0.717, 1.165) is 11.1 Å². The first-order valence-corrected chi connectivity index (χ1v) is 6.14. The second-order valence-electron chi connectivity index (χ2n) is 4.17. The molecule has 98 valence electrons. The lowest BCUT2D eigenvalue weighted by atomic mass is 10.2. The third-order valence-electron chi connectivity index (χ3n) is 2.58. The van der Waals surface area contributed by atoms with Crippen molar-refractivity contribution in [1.82, 2.24) is 10.1 Å². The SMILES string of the molecule is Cc1cnc(-c2cc[n+](CCC(=O)O)nc2)c(Cl)c1. The Morgan fingerprint density at radius 3 is 2.84 bits per heavy atom. The Labute approximate surface area is 115 Å². The fourth-order valence-corrected chi connectivity index (χ4v) is 1.94. The third-order valence-corrected chi connectivity index (χ3v) is 2.87. The van der Waals surface area contributed by atoms with Gasteiger partial charge in [0, 0.05) is 17.8 Å². The number of halogens is 1. The molecule has 19 heavy (non-hydrogen) atoms. The van der Waals surface area contributed by atoms with Crippen LogP contribution in [0, 0.1) is 6.92 Å². The Morgan fingerprint density at radius 2 is 2.26 bits per heavy atom. The van der Waals surface area contributed by atoms with E-state index in [9.17, 15) is 4.79 Å². The maximum Gasteiger partial charge on any atom is 0.309 e. The summed E-state index contributed by atoms with van der Waals surface area (Å²) >= 11 is 6.13. The van der Waals surface area contributed by atoms with Crippen molar-refractivity contribution in [3.8, 4) is 11.3 Å². The topological polar surface area (TPSA) is 67.0 Å². The fraction of sp³-hybridized carbons (Fsp3) is 0.231. The van der Waals surface area contributed by atoms with Gasteiger partial charge in [-0.2, -0.15) is 0 Å². The molecule has 0 radical (unpaired) electrons. The number of carboxylic acids is 1. The van der Waals surface area contributed by atoms with Crippen molar-refractivity contribution in [2.75, 3.05) is 0 Å². The van der Waals surface area contributed by atoms with Crippen LogP contribution in [0.3, 0.4) is 0 Å². The number of rotatable bonds is 4. The number of nitrogens with zero attached hydrogens (tertiary/aromatic N) is 3. The number of hydrogen-bond donors (Lipinski definition) is 1. The highest BCUT2D eigenvalue weighted by atomic mass is 35.5. The van der Waals surface area contributed by atoms with Crippen LogP contribution >= 0.6 is 11.6 Å². The number of carbonyl (C=O) groups is 1. The van der Waals surface area contributed by atoms with Gasteiger partial charge in [-0.3, -0.25) is 9.78 Å². The molecular weight excluding hydrogens is 266 g/mol. The van der Waals surface area contributed by atoms with Crippen molar-refractivity contribution in [1.29, 1.82) is 0 Å². The molecule has 0 aliphatic carbocycles. The van der Waals surface area contributed by atoms with Gasteiger partial charge in [0.25, 0.3) is 0 Å². The van der Waals surface area contributed by atoms with Gasteiger partial charge in [0.2, 0.25) is 0 Å². The summed E-state index contributed by atoms with van der Waals surface area (Å²) in [5, 5.41) is 13.3. The third kappa shape index (κ3) is 3.48. The van der Waals surface area contributed by atoms with Crippen LogP contribution in [-0.2, 0) is 11.3 Å². The lowest BCUT2D eigenvalue weighted by molar-refractivity contribution is -0.752. The molecule has 0 aromatic carbocycles. The van der Waals surface area contributed by atoms with Gasteiger partial charge in [0.05, 0.1) is 10.7 Å². The molecule has 0 aliphatic rings. The van der Waals surface area contributed by atoms with Crippen molar-refractivity contribution in [2.24, 2.45) is 0 Å². The zero-order valence-corrected chi connectivity index (χ0v) is 11.1. The van der Waals surface area contributed by atoms with Crippen LogP contribution in [0.5, 0.6) is 0 Å². The Bertz CT molecular complexity index is 599. The summed E-state index contributed by atoms with van der Waals surface area (Å²) in [5.74, 6) is -0.846. The van der Waals surface area contributed by atoms with Crippen molar-refractivity contribution in [3.63, 3.8) is 0 Å². The average molecular weight is 279 g/mol. The number of aliphatic carboxylic acids is 1. The lowest BCUT2D eigenvalue weighted by Gasteiger charge is -2.02. The Balaban J connectivity index is 2.20. The highest BCUT2D eigenvalue weighted by Crippen LogP contribution is 2.24. The lowest BCUT2D eigenvalue weighted by Crippen LogP contribution is -2.38. The summed E-state index contributed by atoms with van der Waals surface area (Å²) in [6.07, 6.45) is 5.13. The number of aromatic nitrogens is 3. The minimum Gasteiger partial charge on any atom is -0.481 e. The summed E-state index contributed by atoms with van der Waals surface area (Å²) in [6, 6.07) is 3.66. The van der Waals surface area contributed by atoms with Gasteiger partial charge in [-0.1, -0.05) is 16.3 Å². The predicted molar refractivity (Wildman–Crippen MR) is 69.7 cm³/mol. The average Bonchev–Trinajstić information content (AvgIpc) is 2.37. The quantitative estimate of drug-likeness (QED) is 0.867. The first-order chi connectivity index (χ1) is 9.06. The number of hydrogen-bond acceptors (Lipinski definition) is 3. The molecule has 0 unspecified atom stereocenters. The van der Waals surface area contributed by atoms with Gasteiger partial charge in [-0.25, -0.2) is 0 Å². The van der Waals surface area contributed by atoms with E-state index in [1.54, 1.807) is 23.3 Å². The normalized spacial score (nSPS) is 10.4. The molecule has 2 rings (SSSR count). The Kier molecular flexibility index (Phi) is 4.06. The van der Waals surface area contributed by atoms with Gasteiger partial charge in [-0.15, -0.1) is 0 Å². The van der Waals surface area contributed by atoms with E-state index in [0.29, 0.717) is 17.3 Å². The summed E-state index contributed by atoms with van der Waals surface area (Å²) in [4.78, 5) is 14.7. The minimum absolute atomic E-state index is 0.0422. The van der Waals surface area contributed by atoms with E-state index < -0.39 is 5.97 Å². The molecule has 2 heterocycles. The molecule has 5 nitrogen and oxygen atoms in total. The van der Waals surface area contributed by atoms with E-state index in [-0.39, 0.29) is 6.42 Å². The summed E-state index contributed by atoms with van der Waals surface area (Å²) in [5.41, 5.74) is 2.47. The van der Waals surface area contributed by atoms with Crippen LogP contribution in [-0.4, -0.2) is 21.2 Å². The highest BCUT2D eigenvalue weighted by molar-refractivity contribution is 6.33. The fourth-order valence-electron chi connectivity index (χ4n) is 1.61. The molecule has 0 aliphatic heterocycles. The molecule has 0 fully saturated rings. The van der Waals surface area contributed by atoms with Gasteiger partial charge in [-0.05, 0) is 23.7 Å². The van der Waals surface area contributed by atoms with E-state index >= 15 is 0 Å². The molecular formula is C13H13ClN3O2+. The number of aryl methyl sites for hydroxylation is 2. The van der Waals surface area contributed by atoms with Crippen molar-refractivity contribution in [2.45, 2.75) is 19.9 Å². The van der Waals surface area contributed by atoms with Crippen LogP contribution in [0.4, 0.5) is 0 Å². The van der Waals surface area contributed by atoms with Crippen molar-refractivity contribution < 1.29 is 14.6 Å². The maximum absolute atomic E-state index is 10.5. The molecule has 1 N–H and O–H groups in total. The van der Waals surface area contributed by atoms with Gasteiger partial charge in [0.15, 0.2) is 12.7 Å². The molecule has 0 amide bonds. The Morgan fingerprint density at radius 1 is 1.47 bits per heavy atom. The van der Waals surface area contributed by atoms with Crippen molar-refractivity contribution in [3.05, 3.63) is 41.3 Å². The van der Waals surface area contributed by atoms with Gasteiger partial charge < -0.3 is 5.11 Å². The van der Waals surface area contributed by atoms with Crippen LogP contribution in [0.15, 0.2) is 30.7 Å². The molecule has 2 aromatic heterocycles. The number of carboxylic acid groups (broad SMARTS) is 1. The number of pyridine rings is 1. The summed E-state index contributed by atoms with van der Waals surface area (Å²) in [7, 11) is 0. The highest BCUT2D eigenvalue weighted by Gasteiger charge is 2.10. The van der Waals surface area contributed by atoms with E-state index in [4.69, 9.17) is 16.7 Å². The second kappa shape index (κ2) is 5.75. The standard InChI is InChI=1S/C13H12ClN3O2/c1-9-6-11(14)13(15-7-9)10-2-4-17(16-8-10)5-3-12(18)19/h2,4,6-8H,3,5H2,1H3/p+1. The molecule has 0 saturated heterocycles. The molecule has 2 aromatic rings. The molecule has 6 heteroatoms. The monoisotopic (exact) mass is 278 g/mol. The smallest absolute Gasteiger partial charge is 0.309 e. The first-order valence-electron chi connectivity index (χ1n) is 5.76. The molecule has 0 spiro atoms. The van der Waals surface area contributed by atoms with Crippen LogP contribution in [0.25, 0.3) is 11.3 Å². The Hall–Kier alpha value is -2.01. The van der Waals surface area contributed by atoms with Gasteiger partial charge >= 0.3 is 5.97 Å². The second-order valence-corrected chi connectivity index (χ2v) is 4.57. The maximum atomic E-state index is 10.5. The van der Waals surface area contributed by atoms with E-state index in [1.807, 2.05) is 19.1 Å². The largest absolute Gasteiger partial charge is 0.481 e. The summed E-state index contributed by atoms with van der Waals surface area (Å²) < 4.78 is 1.57. The van der Waals surface area contributed by atoms with Crippen LogP contribution in [0.2, 0.25) is 5.02 Å². The zero-order valence-electron chi connectivity index (χ0n) is 10.4. The van der Waals surface area contributed by atoms with Gasteiger partial charge in [0.1, 0.15) is 12.6 Å². The first kappa shape index (κ1) is 13.4. The predicted octanol–water partition coefficient (Wildman–Crippen LogP) is 1.87. The van der Waals surface area contributed by atoms with Crippen molar-refractivity contribution >= 4 is 17.6 Å². The zero-order chi connectivity index (χ0) is 13.8. The van der Waals surface area contributed by atoms with E-state index in [1.165, 1.54) is 0 Å². The summed E-state index contributed by atoms with van der Waals surface area (Å²) in [6.45, 7) is 2.26. The minimum atomic E-state index is -0.846.